The Morgan fingerprint density at radius 1 is 1.26 bits per heavy atom. The van der Waals surface area contributed by atoms with Crippen molar-refractivity contribution in [2.24, 2.45) is 11.8 Å². The number of likely N-dealkylation sites (tertiary alicyclic amines) is 1. The zero-order chi connectivity index (χ0) is 22.1. The molecule has 3 heterocycles. The molecule has 1 aromatic carbocycles. The SMILES string of the molecule is CC1CC(C)CN(CCCN2C(=O)COc3c(F)cc(C=C4SC(=S)NC4=O)cc32)C1. The number of ether oxygens (including phenoxy) is 1. The second kappa shape index (κ2) is 9.26. The highest BCUT2D eigenvalue weighted by atomic mass is 32.2. The summed E-state index contributed by atoms with van der Waals surface area (Å²) in [5.41, 5.74) is 0.898. The third-order valence-electron chi connectivity index (χ3n) is 5.72. The molecule has 3 aliphatic rings. The summed E-state index contributed by atoms with van der Waals surface area (Å²) in [6, 6.07) is 3.01. The molecule has 0 aliphatic carbocycles. The molecule has 2 fully saturated rings. The number of thiocarbonyl (C=S) groups is 1. The third kappa shape index (κ3) is 5.10. The van der Waals surface area contributed by atoms with Crippen molar-refractivity contribution >= 4 is 51.9 Å². The minimum atomic E-state index is -0.550. The number of hydrogen-bond acceptors (Lipinski definition) is 6. The Balaban J connectivity index is 1.51. The van der Waals surface area contributed by atoms with Gasteiger partial charge in [0.2, 0.25) is 0 Å². The molecule has 166 valence electrons. The minimum absolute atomic E-state index is 0.0843. The number of piperidine rings is 1. The van der Waals surface area contributed by atoms with Gasteiger partial charge in [-0.05, 0) is 55.0 Å². The van der Waals surface area contributed by atoms with Crippen molar-refractivity contribution in [3.8, 4) is 5.75 Å². The van der Waals surface area contributed by atoms with Gasteiger partial charge in [0.15, 0.2) is 18.2 Å². The fraction of sp³-hybridized carbons (Fsp3) is 0.500. The first-order valence-corrected chi connectivity index (χ1v) is 11.8. The van der Waals surface area contributed by atoms with Crippen LogP contribution in [-0.2, 0) is 9.59 Å². The third-order valence-corrected chi connectivity index (χ3v) is 6.88. The van der Waals surface area contributed by atoms with Crippen LogP contribution in [0.4, 0.5) is 10.1 Å². The molecule has 0 saturated carbocycles. The molecular weight excluding hydrogens is 437 g/mol. The summed E-state index contributed by atoms with van der Waals surface area (Å²) in [5.74, 6) is 0.400. The lowest BCUT2D eigenvalue weighted by Crippen LogP contribution is -2.43. The van der Waals surface area contributed by atoms with Gasteiger partial charge in [-0.15, -0.1) is 0 Å². The van der Waals surface area contributed by atoms with Gasteiger partial charge in [0.1, 0.15) is 4.32 Å². The van der Waals surface area contributed by atoms with Gasteiger partial charge < -0.3 is 19.9 Å². The fourth-order valence-electron chi connectivity index (χ4n) is 4.62. The molecule has 9 heteroatoms. The van der Waals surface area contributed by atoms with Crippen molar-refractivity contribution in [3.05, 3.63) is 28.4 Å². The van der Waals surface area contributed by atoms with Crippen LogP contribution in [0.5, 0.6) is 5.75 Å². The van der Waals surface area contributed by atoms with Crippen LogP contribution in [0, 0.1) is 17.7 Å². The molecule has 2 saturated heterocycles. The van der Waals surface area contributed by atoms with Crippen LogP contribution in [0.25, 0.3) is 6.08 Å². The van der Waals surface area contributed by atoms with Crippen LogP contribution in [0.1, 0.15) is 32.3 Å². The van der Waals surface area contributed by atoms with Crippen molar-refractivity contribution < 1.29 is 18.7 Å². The van der Waals surface area contributed by atoms with E-state index in [4.69, 9.17) is 17.0 Å². The number of carbonyl (C=O) groups is 2. The van der Waals surface area contributed by atoms with Crippen molar-refractivity contribution in [2.75, 3.05) is 37.7 Å². The maximum absolute atomic E-state index is 14.7. The number of hydrogen-bond donors (Lipinski definition) is 1. The number of anilines is 1. The van der Waals surface area contributed by atoms with E-state index in [-0.39, 0.29) is 24.2 Å². The molecule has 2 atom stereocenters. The lowest BCUT2D eigenvalue weighted by atomic mass is 9.92. The Kier molecular flexibility index (Phi) is 6.64. The van der Waals surface area contributed by atoms with Gasteiger partial charge in [0, 0.05) is 19.6 Å². The number of fused-ring (bicyclic) bond motifs is 1. The molecule has 31 heavy (non-hydrogen) atoms. The summed E-state index contributed by atoms with van der Waals surface area (Å²) in [6.07, 6.45) is 3.63. The first-order valence-electron chi connectivity index (χ1n) is 10.5. The zero-order valence-electron chi connectivity index (χ0n) is 17.7. The van der Waals surface area contributed by atoms with Crippen LogP contribution < -0.4 is 15.0 Å². The highest BCUT2D eigenvalue weighted by Crippen LogP contribution is 2.37. The van der Waals surface area contributed by atoms with E-state index in [1.165, 1.54) is 12.5 Å². The maximum Gasteiger partial charge on any atom is 0.265 e. The standard InChI is InChI=1S/C22H26FN3O3S2/c1-13-6-14(2)11-25(10-13)4-3-5-26-17-8-15(9-18-21(28)24-22(30)31-18)7-16(23)20(17)29-12-19(26)27/h7-9,13-14H,3-6,10-12H2,1-2H3,(H,24,28,30). The van der Waals surface area contributed by atoms with Crippen molar-refractivity contribution in [2.45, 2.75) is 26.7 Å². The molecule has 1 N–H and O–H groups in total. The highest BCUT2D eigenvalue weighted by molar-refractivity contribution is 8.26. The summed E-state index contributed by atoms with van der Waals surface area (Å²) in [5, 5.41) is 2.54. The fourth-order valence-corrected chi connectivity index (χ4v) is 5.66. The van der Waals surface area contributed by atoms with Gasteiger partial charge in [-0.2, -0.15) is 0 Å². The molecule has 0 aromatic heterocycles. The molecule has 0 radical (unpaired) electrons. The van der Waals surface area contributed by atoms with E-state index in [1.807, 2.05) is 0 Å². The summed E-state index contributed by atoms with van der Waals surface area (Å²) in [4.78, 5) is 29.0. The number of nitrogens with one attached hydrogen (secondary N) is 1. The average Bonchev–Trinajstić information content (AvgIpc) is 2.99. The second-order valence-corrected chi connectivity index (χ2v) is 10.3. The first kappa shape index (κ1) is 22.2. The molecule has 2 unspecified atom stereocenters. The number of thioether (sulfide) groups is 1. The smallest absolute Gasteiger partial charge is 0.265 e. The Morgan fingerprint density at radius 2 is 2.00 bits per heavy atom. The monoisotopic (exact) mass is 463 g/mol. The molecule has 3 aliphatic heterocycles. The molecule has 2 amide bonds. The molecule has 4 rings (SSSR count). The number of amides is 2. The van der Waals surface area contributed by atoms with Gasteiger partial charge in [0.25, 0.3) is 11.8 Å². The van der Waals surface area contributed by atoms with Crippen molar-refractivity contribution in [3.63, 3.8) is 0 Å². The summed E-state index contributed by atoms with van der Waals surface area (Å²) in [6.45, 7) is 7.92. The van der Waals surface area contributed by atoms with E-state index in [0.29, 0.717) is 38.9 Å². The van der Waals surface area contributed by atoms with Crippen LogP contribution in [-0.4, -0.2) is 53.8 Å². The molecule has 1 aromatic rings. The largest absolute Gasteiger partial charge is 0.478 e. The lowest BCUT2D eigenvalue weighted by molar-refractivity contribution is -0.121. The van der Waals surface area contributed by atoms with Crippen molar-refractivity contribution in [1.82, 2.24) is 10.2 Å². The van der Waals surface area contributed by atoms with Crippen LogP contribution >= 0.6 is 24.0 Å². The van der Waals surface area contributed by atoms with Crippen LogP contribution in [0.15, 0.2) is 17.0 Å². The first-order chi connectivity index (χ1) is 14.8. The zero-order valence-corrected chi connectivity index (χ0v) is 19.3. The van der Waals surface area contributed by atoms with E-state index in [1.54, 1.807) is 17.0 Å². The Hall–Kier alpha value is -1.97. The molecule has 0 spiro atoms. The molecule has 0 bridgehead atoms. The Morgan fingerprint density at radius 3 is 2.68 bits per heavy atom. The predicted molar refractivity (Wildman–Crippen MR) is 125 cm³/mol. The van der Waals surface area contributed by atoms with Crippen LogP contribution in [0.2, 0.25) is 0 Å². The number of benzene rings is 1. The predicted octanol–water partition coefficient (Wildman–Crippen LogP) is 3.41. The molecule has 6 nitrogen and oxygen atoms in total. The van der Waals surface area contributed by atoms with Gasteiger partial charge in [-0.25, -0.2) is 4.39 Å². The minimum Gasteiger partial charge on any atom is -0.478 e. The van der Waals surface area contributed by atoms with E-state index >= 15 is 0 Å². The van der Waals surface area contributed by atoms with Crippen LogP contribution in [0.3, 0.4) is 0 Å². The average molecular weight is 464 g/mol. The van der Waals surface area contributed by atoms with E-state index < -0.39 is 5.82 Å². The normalized spacial score (nSPS) is 25.6. The number of nitrogens with zero attached hydrogens (tertiary/aromatic N) is 2. The van der Waals surface area contributed by atoms with E-state index in [0.717, 1.165) is 37.8 Å². The number of halogens is 1. The Labute approximate surface area is 191 Å². The second-order valence-electron chi connectivity index (χ2n) is 8.60. The summed E-state index contributed by atoms with van der Waals surface area (Å²) < 4.78 is 20.5. The summed E-state index contributed by atoms with van der Waals surface area (Å²) >= 11 is 6.14. The topological polar surface area (TPSA) is 61.9 Å². The highest BCUT2D eigenvalue weighted by Gasteiger charge is 2.29. The number of rotatable bonds is 5. The van der Waals surface area contributed by atoms with Gasteiger partial charge in [-0.3, -0.25) is 9.59 Å². The van der Waals surface area contributed by atoms with Crippen molar-refractivity contribution in [1.29, 1.82) is 0 Å². The maximum atomic E-state index is 14.7. The van der Waals surface area contributed by atoms with Gasteiger partial charge >= 0.3 is 0 Å². The quantitative estimate of drug-likeness (QED) is 0.534. The summed E-state index contributed by atoms with van der Waals surface area (Å²) in [7, 11) is 0. The number of carbonyl (C=O) groups excluding carboxylic acids is 2. The van der Waals surface area contributed by atoms with E-state index in [9.17, 15) is 14.0 Å². The lowest BCUT2D eigenvalue weighted by Gasteiger charge is -2.36. The van der Waals surface area contributed by atoms with E-state index in [2.05, 4.69) is 24.1 Å². The van der Waals surface area contributed by atoms with Gasteiger partial charge in [-0.1, -0.05) is 37.8 Å². The molecular formula is C22H26FN3O3S2. The van der Waals surface area contributed by atoms with Gasteiger partial charge in [0.05, 0.1) is 10.6 Å². The Bertz CT molecular complexity index is 942.